The Bertz CT molecular complexity index is 946. The maximum absolute atomic E-state index is 12.4. The van der Waals surface area contributed by atoms with Crippen LogP contribution in [0.1, 0.15) is 20.0 Å². The van der Waals surface area contributed by atoms with Gasteiger partial charge in [-0.15, -0.1) is 11.3 Å². The zero-order valence-corrected chi connectivity index (χ0v) is 17.1. The van der Waals surface area contributed by atoms with Crippen LogP contribution in [0.3, 0.4) is 0 Å². The molecule has 28 heavy (non-hydrogen) atoms. The Morgan fingerprint density at radius 3 is 2.25 bits per heavy atom. The minimum atomic E-state index is -0.469. The molecule has 0 saturated heterocycles. The third-order valence-electron chi connectivity index (χ3n) is 3.57. The van der Waals surface area contributed by atoms with Crippen LogP contribution in [0, 0.1) is 0 Å². The number of carbonyl (C=O) groups is 2. The van der Waals surface area contributed by atoms with Crippen molar-refractivity contribution in [3.8, 4) is 11.5 Å². The third-order valence-corrected chi connectivity index (χ3v) is 5.19. The third kappa shape index (κ3) is 5.58. The summed E-state index contributed by atoms with van der Waals surface area (Å²) in [6.45, 7) is 0.610. The normalized spacial score (nSPS) is 10.2. The van der Waals surface area contributed by atoms with E-state index in [-0.39, 0.29) is 6.61 Å². The molecule has 0 atom stereocenters. The zero-order valence-electron chi connectivity index (χ0n) is 14.7. The van der Waals surface area contributed by atoms with Gasteiger partial charge in [0.05, 0.1) is 14.2 Å². The second-order valence-corrected chi connectivity index (χ2v) is 7.98. The average Bonchev–Trinajstić information content (AvgIpc) is 3.17. The SMILES string of the molecule is O=C(NNC(=O)c1ccccc1OCCOc1ccccc1)c1ccc(Br)s1. The van der Waals surface area contributed by atoms with E-state index >= 15 is 0 Å². The minimum Gasteiger partial charge on any atom is -0.490 e. The summed E-state index contributed by atoms with van der Waals surface area (Å²) in [4.78, 5) is 24.9. The fourth-order valence-corrected chi connectivity index (χ4v) is 3.57. The maximum Gasteiger partial charge on any atom is 0.279 e. The molecule has 8 heteroatoms. The molecular weight excluding hydrogens is 444 g/mol. The Kier molecular flexibility index (Phi) is 7.05. The summed E-state index contributed by atoms with van der Waals surface area (Å²) in [5, 5.41) is 0. The van der Waals surface area contributed by atoms with Gasteiger partial charge in [-0.05, 0) is 52.3 Å². The molecule has 0 radical (unpaired) electrons. The molecule has 2 N–H and O–H groups in total. The summed E-state index contributed by atoms with van der Waals surface area (Å²) in [7, 11) is 0. The van der Waals surface area contributed by atoms with Crippen LogP contribution >= 0.6 is 27.3 Å². The van der Waals surface area contributed by atoms with Gasteiger partial charge < -0.3 is 9.47 Å². The van der Waals surface area contributed by atoms with Crippen molar-refractivity contribution in [3.05, 3.63) is 81.0 Å². The molecule has 0 bridgehead atoms. The van der Waals surface area contributed by atoms with Gasteiger partial charge in [0, 0.05) is 0 Å². The van der Waals surface area contributed by atoms with E-state index in [0.717, 1.165) is 9.54 Å². The monoisotopic (exact) mass is 460 g/mol. The van der Waals surface area contributed by atoms with Gasteiger partial charge in [0.25, 0.3) is 11.8 Å². The van der Waals surface area contributed by atoms with Crippen molar-refractivity contribution in [1.82, 2.24) is 10.9 Å². The van der Waals surface area contributed by atoms with E-state index < -0.39 is 11.8 Å². The molecule has 0 unspecified atom stereocenters. The highest BCUT2D eigenvalue weighted by molar-refractivity contribution is 9.11. The zero-order chi connectivity index (χ0) is 19.8. The number of halogens is 1. The average molecular weight is 461 g/mol. The lowest BCUT2D eigenvalue weighted by Crippen LogP contribution is -2.41. The first-order valence-electron chi connectivity index (χ1n) is 8.39. The van der Waals surface area contributed by atoms with Gasteiger partial charge in [-0.3, -0.25) is 20.4 Å². The van der Waals surface area contributed by atoms with Crippen LogP contribution < -0.4 is 20.3 Å². The summed E-state index contributed by atoms with van der Waals surface area (Å²) in [6, 6.07) is 19.6. The molecular formula is C20H17BrN2O4S. The molecule has 6 nitrogen and oxygen atoms in total. The summed E-state index contributed by atoms with van der Waals surface area (Å²) < 4.78 is 12.1. The van der Waals surface area contributed by atoms with Crippen molar-refractivity contribution in [3.63, 3.8) is 0 Å². The first-order chi connectivity index (χ1) is 13.6. The molecule has 0 saturated carbocycles. The molecule has 0 fully saturated rings. The van der Waals surface area contributed by atoms with Crippen LogP contribution in [-0.2, 0) is 0 Å². The number of hydrazine groups is 1. The van der Waals surface area contributed by atoms with E-state index in [1.54, 1.807) is 36.4 Å². The van der Waals surface area contributed by atoms with Crippen molar-refractivity contribution in [2.45, 2.75) is 0 Å². The van der Waals surface area contributed by atoms with Gasteiger partial charge in [0.1, 0.15) is 24.7 Å². The van der Waals surface area contributed by atoms with Gasteiger partial charge >= 0.3 is 0 Å². The molecule has 3 rings (SSSR count). The molecule has 2 amide bonds. The van der Waals surface area contributed by atoms with Gasteiger partial charge in [-0.2, -0.15) is 0 Å². The summed E-state index contributed by atoms with van der Waals surface area (Å²) in [5.41, 5.74) is 5.12. The van der Waals surface area contributed by atoms with Crippen molar-refractivity contribution in [2.75, 3.05) is 13.2 Å². The predicted octanol–water partition coefficient (Wildman–Crippen LogP) is 4.04. The summed E-state index contributed by atoms with van der Waals surface area (Å²) in [6.07, 6.45) is 0. The van der Waals surface area contributed by atoms with Crippen LogP contribution in [0.25, 0.3) is 0 Å². The number of carbonyl (C=O) groups excluding carboxylic acids is 2. The number of benzene rings is 2. The molecule has 0 spiro atoms. The molecule has 2 aromatic carbocycles. The standard InChI is InChI=1S/C20H17BrN2O4S/c21-18-11-10-17(28-18)20(25)23-22-19(24)15-8-4-5-9-16(15)27-13-12-26-14-6-2-1-3-7-14/h1-11H,12-13H2,(H,22,24)(H,23,25). The van der Waals surface area contributed by atoms with Gasteiger partial charge in [0.2, 0.25) is 0 Å². The number of hydrogen-bond donors (Lipinski definition) is 2. The fraction of sp³-hybridized carbons (Fsp3) is 0.100. The van der Waals surface area contributed by atoms with Gasteiger partial charge in [0.15, 0.2) is 0 Å². The Hall–Kier alpha value is -2.84. The summed E-state index contributed by atoms with van der Waals surface area (Å²) in [5.74, 6) is 0.298. The maximum atomic E-state index is 12.4. The molecule has 3 aromatic rings. The Balaban J connectivity index is 1.52. The van der Waals surface area contributed by atoms with Crippen LogP contribution in [-0.4, -0.2) is 25.0 Å². The first kappa shape index (κ1) is 19.9. The molecule has 0 aliphatic carbocycles. The number of rotatable bonds is 7. The Morgan fingerprint density at radius 2 is 1.50 bits per heavy atom. The quantitative estimate of drug-likeness (QED) is 0.411. The van der Waals surface area contributed by atoms with E-state index in [0.29, 0.717) is 22.8 Å². The van der Waals surface area contributed by atoms with Gasteiger partial charge in [-0.25, -0.2) is 0 Å². The predicted molar refractivity (Wildman–Crippen MR) is 111 cm³/mol. The number of ether oxygens (including phenoxy) is 2. The lowest BCUT2D eigenvalue weighted by Gasteiger charge is -2.12. The van der Waals surface area contributed by atoms with Crippen LogP contribution in [0.15, 0.2) is 70.5 Å². The largest absolute Gasteiger partial charge is 0.490 e. The van der Waals surface area contributed by atoms with Crippen LogP contribution in [0.5, 0.6) is 11.5 Å². The second kappa shape index (κ2) is 9.91. The lowest BCUT2D eigenvalue weighted by atomic mass is 10.2. The number of para-hydroxylation sites is 2. The fourth-order valence-electron chi connectivity index (χ4n) is 2.29. The van der Waals surface area contributed by atoms with Crippen molar-refractivity contribution in [2.24, 2.45) is 0 Å². The molecule has 0 aliphatic heterocycles. The highest BCUT2D eigenvalue weighted by Crippen LogP contribution is 2.22. The van der Waals surface area contributed by atoms with E-state index in [2.05, 4.69) is 26.8 Å². The van der Waals surface area contributed by atoms with E-state index in [1.165, 1.54) is 11.3 Å². The lowest BCUT2D eigenvalue weighted by molar-refractivity contribution is 0.0846. The second-order valence-electron chi connectivity index (χ2n) is 5.52. The number of hydrogen-bond acceptors (Lipinski definition) is 5. The number of amides is 2. The van der Waals surface area contributed by atoms with Crippen molar-refractivity contribution < 1.29 is 19.1 Å². The highest BCUT2D eigenvalue weighted by atomic mass is 79.9. The Morgan fingerprint density at radius 1 is 0.821 bits per heavy atom. The van der Waals surface area contributed by atoms with Crippen molar-refractivity contribution in [1.29, 1.82) is 0 Å². The number of thiophene rings is 1. The Labute approximate surface area is 174 Å². The van der Waals surface area contributed by atoms with Gasteiger partial charge in [-0.1, -0.05) is 30.3 Å². The topological polar surface area (TPSA) is 76.7 Å². The van der Waals surface area contributed by atoms with E-state index in [1.807, 2.05) is 30.3 Å². The number of nitrogens with one attached hydrogen (secondary N) is 2. The van der Waals surface area contributed by atoms with Crippen molar-refractivity contribution >= 4 is 39.1 Å². The van der Waals surface area contributed by atoms with E-state index in [9.17, 15) is 9.59 Å². The first-order valence-corrected chi connectivity index (χ1v) is 10.00. The van der Waals surface area contributed by atoms with Crippen LogP contribution in [0.4, 0.5) is 0 Å². The molecule has 1 aromatic heterocycles. The minimum absolute atomic E-state index is 0.273. The smallest absolute Gasteiger partial charge is 0.279 e. The van der Waals surface area contributed by atoms with E-state index in [4.69, 9.17) is 9.47 Å². The molecule has 1 heterocycles. The molecule has 0 aliphatic rings. The molecule has 144 valence electrons. The summed E-state index contributed by atoms with van der Waals surface area (Å²) >= 11 is 4.57. The van der Waals surface area contributed by atoms with Crippen LogP contribution in [0.2, 0.25) is 0 Å². The highest BCUT2D eigenvalue weighted by Gasteiger charge is 2.14.